The zero-order valence-electron chi connectivity index (χ0n) is 9.36. The van der Waals surface area contributed by atoms with Crippen molar-refractivity contribution in [3.63, 3.8) is 0 Å². The Hall–Kier alpha value is -1.29. The quantitative estimate of drug-likeness (QED) is 0.449. The molecular formula is C12H14O3S. The van der Waals surface area contributed by atoms with E-state index in [9.17, 15) is 9.59 Å². The van der Waals surface area contributed by atoms with Crippen LogP contribution >= 0.6 is 11.8 Å². The fraction of sp³-hybridized carbons (Fsp3) is 0.333. The van der Waals surface area contributed by atoms with Gasteiger partial charge in [-0.2, -0.15) is 0 Å². The minimum atomic E-state index is -0.201. The van der Waals surface area contributed by atoms with Crippen LogP contribution in [0.5, 0.6) is 0 Å². The van der Waals surface area contributed by atoms with E-state index in [1.165, 1.54) is 7.11 Å². The van der Waals surface area contributed by atoms with Crippen molar-refractivity contribution in [1.29, 1.82) is 0 Å². The number of carbonyl (C=O) groups excluding carboxylic acids is 2. The summed E-state index contributed by atoms with van der Waals surface area (Å²) in [7, 11) is 1.38. The van der Waals surface area contributed by atoms with Crippen molar-refractivity contribution in [2.75, 3.05) is 12.9 Å². The van der Waals surface area contributed by atoms with E-state index in [1.54, 1.807) is 30.8 Å². The number of hydrogen-bond acceptors (Lipinski definition) is 4. The second-order valence-corrected chi connectivity index (χ2v) is 4.42. The van der Waals surface area contributed by atoms with E-state index in [-0.39, 0.29) is 11.8 Å². The molecule has 4 heteroatoms. The van der Waals surface area contributed by atoms with Gasteiger partial charge in [0.25, 0.3) is 0 Å². The molecule has 0 radical (unpaired) electrons. The maximum Gasteiger partial charge on any atom is 0.306 e. The maximum atomic E-state index is 11.0. The summed E-state index contributed by atoms with van der Waals surface area (Å²) in [5, 5.41) is 0. The third-order valence-electron chi connectivity index (χ3n) is 2.06. The molecule has 0 aromatic heterocycles. The maximum absolute atomic E-state index is 11.0. The second kappa shape index (κ2) is 6.33. The lowest BCUT2D eigenvalue weighted by molar-refractivity contribution is -0.140. The van der Waals surface area contributed by atoms with Crippen LogP contribution in [0.15, 0.2) is 29.2 Å². The third kappa shape index (κ3) is 4.06. The lowest BCUT2D eigenvalue weighted by atomic mass is 10.2. The molecule has 1 aromatic carbocycles. The lowest BCUT2D eigenvalue weighted by Gasteiger charge is -2.01. The monoisotopic (exact) mass is 238 g/mol. The van der Waals surface area contributed by atoms with E-state index in [0.717, 1.165) is 4.90 Å². The molecule has 0 aliphatic rings. The number of Topliss-reactive ketones (excluding diaryl/α,β-unsaturated/α-hetero) is 1. The fourth-order valence-corrected chi connectivity index (χ4v) is 1.97. The number of rotatable bonds is 5. The number of hydrogen-bond donors (Lipinski definition) is 0. The number of esters is 1. The molecule has 3 nitrogen and oxygen atoms in total. The van der Waals surface area contributed by atoms with Crippen molar-refractivity contribution in [1.82, 2.24) is 0 Å². The van der Waals surface area contributed by atoms with Gasteiger partial charge in [-0.3, -0.25) is 9.59 Å². The first-order valence-electron chi connectivity index (χ1n) is 4.94. The summed E-state index contributed by atoms with van der Waals surface area (Å²) in [6.07, 6.45) is 0.398. The molecule has 0 amide bonds. The van der Waals surface area contributed by atoms with Crippen LogP contribution in [0.2, 0.25) is 0 Å². The second-order valence-electron chi connectivity index (χ2n) is 3.26. The molecule has 0 unspecified atom stereocenters. The van der Waals surface area contributed by atoms with Crippen molar-refractivity contribution >= 4 is 23.5 Å². The van der Waals surface area contributed by atoms with Crippen LogP contribution in [-0.2, 0) is 9.53 Å². The highest BCUT2D eigenvalue weighted by molar-refractivity contribution is 7.99. The molecule has 0 atom stereocenters. The molecule has 86 valence electrons. The number of thioether (sulfide) groups is 1. The van der Waals surface area contributed by atoms with Crippen LogP contribution in [0.4, 0.5) is 0 Å². The number of methoxy groups -OCH3 is 1. The summed E-state index contributed by atoms with van der Waals surface area (Å²) in [4.78, 5) is 22.9. The Morgan fingerprint density at radius 1 is 1.25 bits per heavy atom. The topological polar surface area (TPSA) is 43.4 Å². The number of ketones is 1. The number of carbonyl (C=O) groups is 2. The Balaban J connectivity index is 2.43. The van der Waals surface area contributed by atoms with Crippen LogP contribution in [0.1, 0.15) is 23.7 Å². The molecule has 0 saturated heterocycles. The van der Waals surface area contributed by atoms with Gasteiger partial charge in [-0.05, 0) is 19.1 Å². The first-order chi connectivity index (χ1) is 7.63. The third-order valence-corrected chi connectivity index (χ3v) is 3.08. The molecule has 16 heavy (non-hydrogen) atoms. The van der Waals surface area contributed by atoms with E-state index < -0.39 is 0 Å². The Labute approximate surface area is 99.2 Å². The standard InChI is InChI=1S/C12H14O3S/c1-9(13)10-3-5-11(6-4-10)16-8-7-12(14)15-2/h3-6H,7-8H2,1-2H3. The highest BCUT2D eigenvalue weighted by atomic mass is 32.2. The van der Waals surface area contributed by atoms with E-state index >= 15 is 0 Å². The summed E-state index contributed by atoms with van der Waals surface area (Å²) < 4.78 is 4.54. The molecule has 0 spiro atoms. The lowest BCUT2D eigenvalue weighted by Crippen LogP contribution is -2.00. The highest BCUT2D eigenvalue weighted by Gasteiger charge is 2.02. The zero-order chi connectivity index (χ0) is 12.0. The molecule has 0 fully saturated rings. The van der Waals surface area contributed by atoms with E-state index in [2.05, 4.69) is 4.74 Å². The first-order valence-corrected chi connectivity index (χ1v) is 5.92. The van der Waals surface area contributed by atoms with E-state index in [0.29, 0.717) is 17.7 Å². The van der Waals surface area contributed by atoms with Crippen LogP contribution in [0, 0.1) is 0 Å². The Morgan fingerprint density at radius 3 is 2.38 bits per heavy atom. The summed E-state index contributed by atoms with van der Waals surface area (Å²) in [6.45, 7) is 1.54. The van der Waals surface area contributed by atoms with Gasteiger partial charge in [-0.15, -0.1) is 11.8 Å². The van der Waals surface area contributed by atoms with Crippen LogP contribution in [0.3, 0.4) is 0 Å². The highest BCUT2D eigenvalue weighted by Crippen LogP contribution is 2.19. The molecule has 1 rings (SSSR count). The normalized spacial score (nSPS) is 9.88. The number of benzene rings is 1. The predicted molar refractivity (Wildman–Crippen MR) is 63.8 cm³/mol. The number of ether oxygens (including phenoxy) is 1. The summed E-state index contributed by atoms with van der Waals surface area (Å²) in [6, 6.07) is 7.36. The summed E-state index contributed by atoms with van der Waals surface area (Å²) in [5.41, 5.74) is 0.706. The fourth-order valence-electron chi connectivity index (χ4n) is 1.14. The molecule has 0 bridgehead atoms. The van der Waals surface area contributed by atoms with Gasteiger partial charge in [-0.25, -0.2) is 0 Å². The first kappa shape index (κ1) is 12.8. The average Bonchev–Trinajstić information content (AvgIpc) is 2.29. The molecule has 0 aliphatic heterocycles. The van der Waals surface area contributed by atoms with Crippen LogP contribution in [-0.4, -0.2) is 24.6 Å². The van der Waals surface area contributed by atoms with Crippen molar-refractivity contribution in [3.8, 4) is 0 Å². The minimum absolute atomic E-state index is 0.0612. The zero-order valence-corrected chi connectivity index (χ0v) is 10.2. The minimum Gasteiger partial charge on any atom is -0.469 e. The largest absolute Gasteiger partial charge is 0.469 e. The van der Waals surface area contributed by atoms with Crippen LogP contribution < -0.4 is 0 Å². The molecule has 0 N–H and O–H groups in total. The molecular weight excluding hydrogens is 224 g/mol. The molecule has 0 aliphatic carbocycles. The molecule has 1 aromatic rings. The molecule has 0 heterocycles. The van der Waals surface area contributed by atoms with Crippen molar-refractivity contribution in [2.45, 2.75) is 18.2 Å². The van der Waals surface area contributed by atoms with Gasteiger partial charge in [-0.1, -0.05) is 12.1 Å². The SMILES string of the molecule is COC(=O)CCSc1ccc(C(C)=O)cc1. The van der Waals surface area contributed by atoms with Crippen LogP contribution in [0.25, 0.3) is 0 Å². The van der Waals surface area contributed by atoms with Crippen molar-refractivity contribution < 1.29 is 14.3 Å². The van der Waals surface area contributed by atoms with Gasteiger partial charge in [0, 0.05) is 16.2 Å². The van der Waals surface area contributed by atoms with Gasteiger partial charge in [0.05, 0.1) is 13.5 Å². The van der Waals surface area contributed by atoms with Gasteiger partial charge in [0.1, 0.15) is 0 Å². The van der Waals surface area contributed by atoms with E-state index in [4.69, 9.17) is 0 Å². The summed E-state index contributed by atoms with van der Waals surface area (Å²) >= 11 is 1.57. The smallest absolute Gasteiger partial charge is 0.306 e. The average molecular weight is 238 g/mol. The van der Waals surface area contributed by atoms with Gasteiger partial charge in [0.2, 0.25) is 0 Å². The predicted octanol–water partition coefficient (Wildman–Crippen LogP) is 2.54. The Morgan fingerprint density at radius 2 is 1.88 bits per heavy atom. The van der Waals surface area contributed by atoms with Gasteiger partial charge >= 0.3 is 5.97 Å². The Bertz CT molecular complexity index is 370. The van der Waals surface area contributed by atoms with Crippen molar-refractivity contribution in [3.05, 3.63) is 29.8 Å². The molecule has 0 saturated carbocycles. The van der Waals surface area contributed by atoms with Gasteiger partial charge < -0.3 is 4.74 Å². The van der Waals surface area contributed by atoms with Gasteiger partial charge in [0.15, 0.2) is 5.78 Å². The van der Waals surface area contributed by atoms with E-state index in [1.807, 2.05) is 12.1 Å². The summed E-state index contributed by atoms with van der Waals surface area (Å²) in [5.74, 6) is 0.547. The van der Waals surface area contributed by atoms with Crippen molar-refractivity contribution in [2.24, 2.45) is 0 Å². The Kier molecular flexibility index (Phi) is 5.05.